The first-order chi connectivity index (χ1) is 23.2. The summed E-state index contributed by atoms with van der Waals surface area (Å²) < 4.78 is 0. The summed E-state index contributed by atoms with van der Waals surface area (Å²) in [5.41, 5.74) is 0. The summed E-state index contributed by atoms with van der Waals surface area (Å²) >= 11 is 0. The molecule has 0 unspecified atom stereocenters. The number of carbonyl (C=O) groups is 8. The van der Waals surface area contributed by atoms with Crippen molar-refractivity contribution in [3.63, 3.8) is 0 Å². The van der Waals surface area contributed by atoms with Crippen molar-refractivity contribution in [3.8, 4) is 0 Å². The molecule has 0 aromatic rings. The summed E-state index contributed by atoms with van der Waals surface area (Å²) in [5, 5.41) is 11.2. The van der Waals surface area contributed by atoms with E-state index in [4.69, 9.17) is 0 Å². The zero-order valence-corrected chi connectivity index (χ0v) is 29.5. The Morgan fingerprint density at radius 3 is 1.33 bits per heavy atom. The lowest BCUT2D eigenvalue weighted by Gasteiger charge is -2.40. The minimum Gasteiger partial charge on any atom is -0.341 e. The van der Waals surface area contributed by atoms with Gasteiger partial charge in [-0.3, -0.25) is 38.4 Å². The number of ketones is 2. The van der Waals surface area contributed by atoms with E-state index in [1.807, 2.05) is 0 Å². The van der Waals surface area contributed by atoms with Crippen molar-refractivity contribution in [1.29, 1.82) is 0 Å². The molecule has 6 amide bonds. The molecule has 4 aliphatic rings. The van der Waals surface area contributed by atoms with E-state index < -0.39 is 78.1 Å². The zero-order chi connectivity index (χ0) is 36.2. The van der Waals surface area contributed by atoms with Gasteiger partial charge >= 0.3 is 0 Å². The van der Waals surface area contributed by atoms with Crippen molar-refractivity contribution in [2.75, 3.05) is 40.3 Å². The lowest BCUT2D eigenvalue weighted by Crippen LogP contribution is -2.62. The molecule has 4 saturated heterocycles. The van der Waals surface area contributed by atoms with Gasteiger partial charge in [-0.05, 0) is 80.3 Å². The Morgan fingerprint density at radius 2 is 1.00 bits per heavy atom. The molecule has 4 aliphatic heterocycles. The molecule has 0 radical (unpaired) electrons. The molecule has 8 atom stereocenters. The molecule has 0 saturated carbocycles. The van der Waals surface area contributed by atoms with Gasteiger partial charge in [0.1, 0.15) is 18.5 Å². The number of hydrogen-bond acceptors (Lipinski definition) is 10. The predicted molar refractivity (Wildman–Crippen MR) is 177 cm³/mol. The Labute approximate surface area is 287 Å². The van der Waals surface area contributed by atoms with E-state index in [0.717, 1.165) is 0 Å². The molecule has 272 valence electrons. The van der Waals surface area contributed by atoms with Crippen molar-refractivity contribution >= 4 is 47.0 Å². The largest absolute Gasteiger partial charge is 0.341 e. The van der Waals surface area contributed by atoms with Crippen molar-refractivity contribution in [2.24, 2.45) is 0 Å². The fraction of sp³-hybridized carbons (Fsp3) is 0.758. The molecule has 4 fully saturated rings. The van der Waals surface area contributed by atoms with E-state index in [1.54, 1.807) is 37.7 Å². The van der Waals surface area contributed by atoms with E-state index in [-0.39, 0.29) is 49.8 Å². The highest BCUT2D eigenvalue weighted by atomic mass is 16.2. The van der Waals surface area contributed by atoms with E-state index >= 15 is 0 Å². The van der Waals surface area contributed by atoms with Gasteiger partial charge in [0.15, 0.2) is 11.6 Å². The van der Waals surface area contributed by atoms with Crippen LogP contribution >= 0.6 is 0 Å². The fourth-order valence-electron chi connectivity index (χ4n) is 7.42. The number of rotatable bonds is 10. The molecule has 0 spiro atoms. The van der Waals surface area contributed by atoms with Crippen LogP contribution in [0.4, 0.5) is 0 Å². The number of nitrogens with one attached hydrogen (secondary N) is 4. The molecular formula is C33H52N8O8. The van der Waals surface area contributed by atoms with Gasteiger partial charge in [0.05, 0.1) is 24.2 Å². The van der Waals surface area contributed by atoms with Crippen LogP contribution in [0.5, 0.6) is 0 Å². The average Bonchev–Trinajstić information content (AvgIpc) is 3.68. The molecule has 4 N–H and O–H groups in total. The summed E-state index contributed by atoms with van der Waals surface area (Å²) in [6, 6.07) is -5.28. The van der Waals surface area contributed by atoms with Gasteiger partial charge in [-0.2, -0.15) is 0 Å². The van der Waals surface area contributed by atoms with Gasteiger partial charge in [0, 0.05) is 38.3 Å². The van der Waals surface area contributed by atoms with E-state index in [2.05, 4.69) is 21.3 Å². The summed E-state index contributed by atoms with van der Waals surface area (Å²) in [6.45, 7) is 6.22. The topological polar surface area (TPSA) is 198 Å². The first-order valence-corrected chi connectivity index (χ1v) is 17.3. The monoisotopic (exact) mass is 688 g/mol. The van der Waals surface area contributed by atoms with Crippen LogP contribution in [-0.4, -0.2) is 155 Å². The Morgan fingerprint density at radius 1 is 0.633 bits per heavy atom. The van der Waals surface area contributed by atoms with Gasteiger partial charge in [0.2, 0.25) is 35.4 Å². The summed E-state index contributed by atoms with van der Waals surface area (Å²) in [6.07, 6.45) is 2.42. The Bertz CT molecular complexity index is 1240. The van der Waals surface area contributed by atoms with Crippen molar-refractivity contribution in [3.05, 3.63) is 0 Å². The van der Waals surface area contributed by atoms with Crippen LogP contribution in [0.25, 0.3) is 0 Å². The number of carbonyl (C=O) groups excluding carboxylic acids is 8. The molecule has 0 aromatic carbocycles. The molecule has 49 heavy (non-hydrogen) atoms. The first-order valence-electron chi connectivity index (χ1n) is 17.3. The maximum Gasteiger partial charge on any atom is 0.247 e. The Balaban J connectivity index is 1.53. The van der Waals surface area contributed by atoms with E-state index in [9.17, 15) is 38.4 Å². The summed E-state index contributed by atoms with van der Waals surface area (Å²) in [4.78, 5) is 112. The van der Waals surface area contributed by atoms with Crippen molar-refractivity contribution in [1.82, 2.24) is 40.9 Å². The van der Waals surface area contributed by atoms with Crippen LogP contribution in [0.15, 0.2) is 0 Å². The molecule has 16 heteroatoms. The quantitative estimate of drug-likeness (QED) is 0.185. The second-order valence-corrected chi connectivity index (χ2v) is 13.8. The fourth-order valence-corrected chi connectivity index (χ4v) is 7.42. The van der Waals surface area contributed by atoms with Gasteiger partial charge < -0.3 is 40.9 Å². The Kier molecular flexibility index (Phi) is 12.5. The van der Waals surface area contributed by atoms with Crippen LogP contribution in [0.3, 0.4) is 0 Å². The molecule has 0 aromatic heterocycles. The van der Waals surface area contributed by atoms with Gasteiger partial charge in [-0.15, -0.1) is 0 Å². The second-order valence-electron chi connectivity index (χ2n) is 13.8. The van der Waals surface area contributed by atoms with Crippen LogP contribution in [0.2, 0.25) is 0 Å². The number of likely N-dealkylation sites (N-methyl/N-ethyl adjacent to an activating group) is 2. The number of fused-ring (bicyclic) bond motifs is 2. The minimum absolute atomic E-state index is 0.136. The molecule has 0 aliphatic carbocycles. The third-order valence-electron chi connectivity index (χ3n) is 10.6. The number of Topliss-reactive ketones (excluding diaryl/α,β-unsaturated/α-hetero) is 2. The van der Waals surface area contributed by atoms with Crippen molar-refractivity contribution in [2.45, 2.75) is 121 Å². The highest BCUT2D eigenvalue weighted by Crippen LogP contribution is 2.31. The molecule has 4 rings (SSSR count). The lowest BCUT2D eigenvalue weighted by molar-refractivity contribution is -0.149. The SMILES string of the molecule is CN[C@@H](C)C(=O)N[C@H]1CN(C(=O)CC(=O)N2CC[C@H]3CC[C@@H](C(C)=O)N3C(=O)[C@@H](NC(=O)[C@H](C)NC)C2)CC[C@H]2CC[C@@H](C(C)=O)N2C1=O. The predicted octanol–water partition coefficient (Wildman–Crippen LogP) is -2.08. The molecule has 16 nitrogen and oxygen atoms in total. The lowest BCUT2D eigenvalue weighted by atomic mass is 10.0. The molecular weight excluding hydrogens is 636 g/mol. The van der Waals surface area contributed by atoms with Crippen LogP contribution < -0.4 is 21.3 Å². The van der Waals surface area contributed by atoms with E-state index in [0.29, 0.717) is 38.5 Å². The number of nitrogens with zero attached hydrogens (tertiary/aromatic N) is 4. The van der Waals surface area contributed by atoms with Gasteiger partial charge in [-0.25, -0.2) is 0 Å². The van der Waals surface area contributed by atoms with Crippen LogP contribution in [-0.2, 0) is 38.4 Å². The zero-order valence-electron chi connectivity index (χ0n) is 29.5. The maximum atomic E-state index is 13.9. The molecule has 0 bridgehead atoms. The third-order valence-corrected chi connectivity index (χ3v) is 10.6. The number of hydrogen-bond donors (Lipinski definition) is 4. The maximum absolute atomic E-state index is 13.9. The smallest absolute Gasteiger partial charge is 0.247 e. The van der Waals surface area contributed by atoms with Crippen molar-refractivity contribution < 1.29 is 38.4 Å². The third kappa shape index (κ3) is 8.46. The highest BCUT2D eigenvalue weighted by molar-refractivity contribution is 5.99. The minimum atomic E-state index is -1.12. The highest BCUT2D eigenvalue weighted by Gasteiger charge is 2.46. The first kappa shape index (κ1) is 37.9. The number of amides is 6. The average molecular weight is 689 g/mol. The van der Waals surface area contributed by atoms with Crippen LogP contribution in [0, 0.1) is 0 Å². The second kappa shape index (κ2) is 16.2. The van der Waals surface area contributed by atoms with E-state index in [1.165, 1.54) is 23.6 Å². The van der Waals surface area contributed by atoms with Gasteiger partial charge in [-0.1, -0.05) is 0 Å². The van der Waals surface area contributed by atoms with Gasteiger partial charge in [0.25, 0.3) is 0 Å². The van der Waals surface area contributed by atoms with Crippen LogP contribution in [0.1, 0.15) is 72.6 Å². The Hall–Kier alpha value is -3.92. The molecule has 4 heterocycles. The standard InChI is InChI=1S/C33H52N8O8/c1-18(34-5)30(46)36-24-16-38(13-11-22-7-9-26(20(3)42)40(22)32(24)48)28(44)15-29(45)39-14-12-23-8-10-27(21(4)43)41(23)33(49)25(17-39)37-31(47)19(2)35-6/h18-19,22-27,34-35H,7-17H2,1-6H3,(H,36,46)(H,37,47)/t18-,19-,22+,23+,24-,25-,26-,27-/m0/s1. The summed E-state index contributed by atoms with van der Waals surface area (Å²) in [5.74, 6) is -3.12. The normalized spacial score (nSPS) is 28.7. The summed E-state index contributed by atoms with van der Waals surface area (Å²) in [7, 11) is 3.21.